The van der Waals surface area contributed by atoms with Gasteiger partial charge in [-0.05, 0) is 25.8 Å². The van der Waals surface area contributed by atoms with Gasteiger partial charge in [0, 0.05) is 32.5 Å². The Labute approximate surface area is 151 Å². The van der Waals surface area contributed by atoms with E-state index in [4.69, 9.17) is 14.0 Å². The molecular weight excluding hydrogens is 338 g/mol. The van der Waals surface area contributed by atoms with Crippen LogP contribution in [-0.4, -0.2) is 60.4 Å². The Hall–Kier alpha value is -2.35. The smallest absolute Gasteiger partial charge is 0.269 e. The third-order valence-corrected chi connectivity index (χ3v) is 5.31. The SMILES string of the molecule is Cc1occc1C(=O)N1CC[C@]2(CC(C(=O)NC[C@H]3CCCO3)=NO2)C1. The zero-order valence-corrected chi connectivity index (χ0v) is 14.8. The molecule has 140 valence electrons. The lowest BCUT2D eigenvalue weighted by atomic mass is 9.96. The van der Waals surface area contributed by atoms with E-state index in [1.807, 2.05) is 0 Å². The van der Waals surface area contributed by atoms with Gasteiger partial charge in [-0.15, -0.1) is 0 Å². The molecule has 8 heteroatoms. The first kappa shape index (κ1) is 17.1. The molecule has 8 nitrogen and oxygen atoms in total. The summed E-state index contributed by atoms with van der Waals surface area (Å²) >= 11 is 0. The monoisotopic (exact) mass is 361 g/mol. The van der Waals surface area contributed by atoms with Gasteiger partial charge in [-0.1, -0.05) is 5.16 Å². The first-order valence-electron chi connectivity index (χ1n) is 9.05. The van der Waals surface area contributed by atoms with Crippen LogP contribution in [0.4, 0.5) is 0 Å². The van der Waals surface area contributed by atoms with Gasteiger partial charge in [-0.3, -0.25) is 9.59 Å². The topological polar surface area (TPSA) is 93.4 Å². The zero-order valence-electron chi connectivity index (χ0n) is 14.8. The highest BCUT2D eigenvalue weighted by Crippen LogP contribution is 2.34. The van der Waals surface area contributed by atoms with E-state index >= 15 is 0 Å². The molecular formula is C18H23N3O5. The Morgan fingerprint density at radius 1 is 1.46 bits per heavy atom. The molecule has 0 radical (unpaired) electrons. The lowest BCUT2D eigenvalue weighted by Crippen LogP contribution is -2.40. The third-order valence-electron chi connectivity index (χ3n) is 5.31. The molecule has 0 bridgehead atoms. The molecule has 26 heavy (non-hydrogen) atoms. The predicted octanol–water partition coefficient (Wildman–Crippen LogP) is 1.24. The van der Waals surface area contributed by atoms with Crippen molar-refractivity contribution < 1.29 is 23.6 Å². The van der Waals surface area contributed by atoms with Gasteiger partial charge in [0.25, 0.3) is 11.8 Å². The average Bonchev–Trinajstić information content (AvgIpc) is 3.42. The standard InChI is InChI=1S/C18H23N3O5/c1-12-14(4-8-24-12)17(23)21-6-5-18(11-21)9-15(20-26-18)16(22)19-10-13-3-2-7-25-13/h4,8,13H,2-3,5-7,9-11H2,1H3,(H,19,22)/t13-,18+/m1/s1. The molecule has 0 unspecified atom stereocenters. The summed E-state index contributed by atoms with van der Waals surface area (Å²) in [4.78, 5) is 32.3. The van der Waals surface area contributed by atoms with E-state index in [9.17, 15) is 9.59 Å². The molecule has 1 aromatic rings. The van der Waals surface area contributed by atoms with Crippen molar-refractivity contribution in [3.8, 4) is 0 Å². The summed E-state index contributed by atoms with van der Waals surface area (Å²) in [5.41, 5.74) is 0.358. The lowest BCUT2D eigenvalue weighted by molar-refractivity contribution is -0.115. The van der Waals surface area contributed by atoms with Crippen LogP contribution >= 0.6 is 0 Å². The number of carbonyl (C=O) groups is 2. The molecule has 3 aliphatic rings. The van der Waals surface area contributed by atoms with Crippen molar-refractivity contribution in [1.29, 1.82) is 0 Å². The molecule has 3 aliphatic heterocycles. The maximum atomic E-state index is 12.6. The number of aryl methyl sites for hydroxylation is 1. The number of carbonyl (C=O) groups excluding carboxylic acids is 2. The van der Waals surface area contributed by atoms with E-state index in [0.717, 1.165) is 19.4 Å². The molecule has 4 rings (SSSR count). The molecule has 0 aromatic carbocycles. The summed E-state index contributed by atoms with van der Waals surface area (Å²) in [6.45, 7) is 4.01. The van der Waals surface area contributed by atoms with Crippen molar-refractivity contribution in [3.63, 3.8) is 0 Å². The van der Waals surface area contributed by atoms with Crippen LogP contribution < -0.4 is 5.32 Å². The molecule has 2 saturated heterocycles. The van der Waals surface area contributed by atoms with Gasteiger partial charge in [0.15, 0.2) is 5.60 Å². The minimum atomic E-state index is -0.593. The molecule has 4 heterocycles. The number of furan rings is 1. The fourth-order valence-electron chi connectivity index (χ4n) is 3.77. The van der Waals surface area contributed by atoms with Crippen molar-refractivity contribution in [2.45, 2.75) is 44.3 Å². The number of rotatable bonds is 4. The van der Waals surface area contributed by atoms with Gasteiger partial charge in [-0.25, -0.2) is 0 Å². The van der Waals surface area contributed by atoms with Crippen LogP contribution in [0.5, 0.6) is 0 Å². The Morgan fingerprint density at radius 3 is 3.08 bits per heavy atom. The summed E-state index contributed by atoms with van der Waals surface area (Å²) in [6.07, 6.45) is 4.68. The predicted molar refractivity (Wildman–Crippen MR) is 91.8 cm³/mol. The first-order valence-corrected chi connectivity index (χ1v) is 9.05. The Morgan fingerprint density at radius 2 is 2.35 bits per heavy atom. The van der Waals surface area contributed by atoms with Crippen LogP contribution in [0.25, 0.3) is 0 Å². The van der Waals surface area contributed by atoms with Crippen molar-refractivity contribution in [2.24, 2.45) is 5.16 Å². The van der Waals surface area contributed by atoms with E-state index in [1.54, 1.807) is 17.9 Å². The number of amides is 2. The number of nitrogens with one attached hydrogen (secondary N) is 1. The Kier molecular flexibility index (Phi) is 4.44. The van der Waals surface area contributed by atoms with Gasteiger partial charge in [0.1, 0.15) is 11.5 Å². The summed E-state index contributed by atoms with van der Waals surface area (Å²) in [6, 6.07) is 1.68. The van der Waals surface area contributed by atoms with E-state index < -0.39 is 5.60 Å². The fourth-order valence-corrected chi connectivity index (χ4v) is 3.77. The molecule has 0 aliphatic carbocycles. The third kappa shape index (κ3) is 3.21. The number of ether oxygens (including phenoxy) is 1. The molecule has 2 amide bonds. The van der Waals surface area contributed by atoms with Crippen LogP contribution in [-0.2, 0) is 14.4 Å². The Bertz CT molecular complexity index is 737. The summed E-state index contributed by atoms with van der Waals surface area (Å²) in [5.74, 6) is 0.314. The maximum absolute atomic E-state index is 12.6. The molecule has 1 N–H and O–H groups in total. The molecule has 1 spiro atoms. The highest BCUT2D eigenvalue weighted by molar-refractivity contribution is 6.39. The largest absolute Gasteiger partial charge is 0.469 e. The van der Waals surface area contributed by atoms with Crippen molar-refractivity contribution in [3.05, 3.63) is 23.7 Å². The van der Waals surface area contributed by atoms with E-state index in [2.05, 4.69) is 10.5 Å². The minimum Gasteiger partial charge on any atom is -0.469 e. The number of nitrogens with zero attached hydrogens (tertiary/aromatic N) is 2. The normalized spacial score (nSPS) is 27.7. The first-order chi connectivity index (χ1) is 12.6. The highest BCUT2D eigenvalue weighted by atomic mass is 16.7. The second-order valence-electron chi connectivity index (χ2n) is 7.20. The zero-order chi connectivity index (χ0) is 18.1. The molecule has 2 atom stereocenters. The number of hydrogen-bond acceptors (Lipinski definition) is 6. The van der Waals surface area contributed by atoms with Crippen LogP contribution in [0.15, 0.2) is 21.9 Å². The summed E-state index contributed by atoms with van der Waals surface area (Å²) in [5, 5.41) is 6.87. The van der Waals surface area contributed by atoms with Crippen LogP contribution in [0.3, 0.4) is 0 Å². The van der Waals surface area contributed by atoms with Crippen LogP contribution in [0.1, 0.15) is 41.8 Å². The van der Waals surface area contributed by atoms with E-state index in [1.165, 1.54) is 6.26 Å². The van der Waals surface area contributed by atoms with Gasteiger partial charge in [-0.2, -0.15) is 0 Å². The van der Waals surface area contributed by atoms with Gasteiger partial charge < -0.3 is 24.2 Å². The lowest BCUT2D eigenvalue weighted by Gasteiger charge is -2.21. The van der Waals surface area contributed by atoms with Gasteiger partial charge in [0.05, 0.1) is 24.5 Å². The van der Waals surface area contributed by atoms with Crippen LogP contribution in [0, 0.1) is 6.92 Å². The number of oxime groups is 1. The van der Waals surface area contributed by atoms with E-state index in [-0.39, 0.29) is 17.9 Å². The minimum absolute atomic E-state index is 0.0759. The summed E-state index contributed by atoms with van der Waals surface area (Å²) < 4.78 is 10.7. The molecule has 0 saturated carbocycles. The number of hydrogen-bond donors (Lipinski definition) is 1. The van der Waals surface area contributed by atoms with Crippen molar-refractivity contribution in [1.82, 2.24) is 10.2 Å². The summed E-state index contributed by atoms with van der Waals surface area (Å²) in [7, 11) is 0. The Balaban J connectivity index is 1.32. The fraction of sp³-hybridized carbons (Fsp3) is 0.611. The number of likely N-dealkylation sites (tertiary alicyclic amines) is 1. The maximum Gasteiger partial charge on any atom is 0.269 e. The van der Waals surface area contributed by atoms with Crippen molar-refractivity contribution in [2.75, 3.05) is 26.2 Å². The second-order valence-corrected chi connectivity index (χ2v) is 7.20. The highest BCUT2D eigenvalue weighted by Gasteiger charge is 2.48. The average molecular weight is 361 g/mol. The van der Waals surface area contributed by atoms with Crippen molar-refractivity contribution >= 4 is 17.5 Å². The van der Waals surface area contributed by atoms with E-state index in [0.29, 0.717) is 49.5 Å². The quantitative estimate of drug-likeness (QED) is 0.871. The van der Waals surface area contributed by atoms with Gasteiger partial charge >= 0.3 is 0 Å². The molecule has 1 aromatic heterocycles. The molecule has 2 fully saturated rings. The second kappa shape index (κ2) is 6.75. The van der Waals surface area contributed by atoms with Gasteiger partial charge in [0.2, 0.25) is 0 Å². The van der Waals surface area contributed by atoms with Crippen LogP contribution in [0.2, 0.25) is 0 Å².